The van der Waals surface area contributed by atoms with Crippen molar-refractivity contribution in [1.82, 2.24) is 9.97 Å². The number of nitrogens with one attached hydrogen (secondary N) is 2. The van der Waals surface area contributed by atoms with E-state index in [2.05, 4.69) is 27.0 Å². The molecule has 0 saturated carbocycles. The minimum atomic E-state index is 0.131. The molecule has 1 saturated heterocycles. The Morgan fingerprint density at radius 1 is 1.13 bits per heavy atom. The smallest absolute Gasteiger partial charge is 0.145 e. The molecule has 160 valence electrons. The minimum absolute atomic E-state index is 0.131. The molecule has 1 fully saturated rings. The lowest BCUT2D eigenvalue weighted by atomic mass is 10.1. The molecule has 0 unspecified atom stereocenters. The third kappa shape index (κ3) is 3.50. The summed E-state index contributed by atoms with van der Waals surface area (Å²) < 4.78 is 5.73. The highest BCUT2D eigenvalue weighted by molar-refractivity contribution is 6.30. The van der Waals surface area contributed by atoms with Gasteiger partial charge in [0, 0.05) is 18.8 Å². The van der Waals surface area contributed by atoms with Gasteiger partial charge in [-0.1, -0.05) is 12.1 Å². The number of imidazole rings is 1. The number of fused-ring (bicyclic) bond motifs is 1. The third-order valence-corrected chi connectivity index (χ3v) is 5.98. The van der Waals surface area contributed by atoms with E-state index in [1.165, 1.54) is 24.9 Å². The van der Waals surface area contributed by atoms with Gasteiger partial charge in [-0.25, -0.2) is 4.98 Å². The van der Waals surface area contributed by atoms with Gasteiger partial charge in [-0.3, -0.25) is 5.41 Å². The number of para-hydroxylation sites is 2. The molecule has 3 aromatic rings. The molecular formula is C24H27N5O2. The van der Waals surface area contributed by atoms with Crippen molar-refractivity contribution in [3.8, 4) is 5.75 Å². The van der Waals surface area contributed by atoms with Crippen LogP contribution in [0.15, 0.2) is 48.2 Å². The van der Waals surface area contributed by atoms with E-state index in [1.807, 2.05) is 37.3 Å². The summed E-state index contributed by atoms with van der Waals surface area (Å²) in [5.74, 6) is 1.55. The van der Waals surface area contributed by atoms with Crippen LogP contribution < -0.4 is 14.5 Å². The van der Waals surface area contributed by atoms with E-state index in [0.717, 1.165) is 29.8 Å². The van der Waals surface area contributed by atoms with Crippen LogP contribution in [0, 0.1) is 5.41 Å². The lowest BCUT2D eigenvalue weighted by Gasteiger charge is -2.28. The van der Waals surface area contributed by atoms with E-state index >= 15 is 0 Å². The molecule has 0 spiro atoms. The maximum Gasteiger partial charge on any atom is 0.145 e. The molecule has 0 radical (unpaired) electrons. The van der Waals surface area contributed by atoms with E-state index in [-0.39, 0.29) is 18.1 Å². The number of nitrogens with zero attached hydrogens (tertiary/aromatic N) is 3. The number of anilines is 2. The lowest BCUT2D eigenvalue weighted by Crippen LogP contribution is -2.29. The second-order valence-electron chi connectivity index (χ2n) is 7.99. The number of aromatic amines is 1. The van der Waals surface area contributed by atoms with Crippen LogP contribution in [0.5, 0.6) is 5.75 Å². The summed E-state index contributed by atoms with van der Waals surface area (Å²) in [6.45, 7) is 4.84. The zero-order chi connectivity index (χ0) is 21.4. The number of amidine groups is 1. The molecular weight excluding hydrogens is 390 g/mol. The van der Waals surface area contributed by atoms with Crippen molar-refractivity contribution in [2.45, 2.75) is 26.2 Å². The number of aliphatic hydroxyl groups is 1. The van der Waals surface area contributed by atoms with Crippen LogP contribution >= 0.6 is 0 Å². The average molecular weight is 418 g/mol. The fourth-order valence-corrected chi connectivity index (χ4v) is 4.46. The zero-order valence-corrected chi connectivity index (χ0v) is 17.7. The number of aromatic nitrogens is 2. The molecule has 2 aromatic carbocycles. The van der Waals surface area contributed by atoms with Gasteiger partial charge in [0.1, 0.15) is 23.2 Å². The van der Waals surface area contributed by atoms with Gasteiger partial charge in [-0.2, -0.15) is 0 Å². The van der Waals surface area contributed by atoms with Gasteiger partial charge in [0.25, 0.3) is 0 Å². The zero-order valence-electron chi connectivity index (χ0n) is 17.7. The summed E-state index contributed by atoms with van der Waals surface area (Å²) in [5.41, 5.74) is 4.13. The van der Waals surface area contributed by atoms with Crippen molar-refractivity contribution in [2.75, 3.05) is 36.0 Å². The Hall–Kier alpha value is -3.48. The average Bonchev–Trinajstić information content (AvgIpc) is 3.34. The van der Waals surface area contributed by atoms with Crippen LogP contribution in [-0.2, 0) is 0 Å². The first kappa shape index (κ1) is 19.5. The highest BCUT2D eigenvalue weighted by Crippen LogP contribution is 2.36. The summed E-state index contributed by atoms with van der Waals surface area (Å²) in [6, 6.07) is 13.8. The topological polar surface area (TPSA) is 88.5 Å². The van der Waals surface area contributed by atoms with E-state index < -0.39 is 0 Å². The van der Waals surface area contributed by atoms with Crippen LogP contribution in [0.25, 0.3) is 16.6 Å². The monoisotopic (exact) mass is 417 g/mol. The Balaban J connectivity index is 1.46. The largest absolute Gasteiger partial charge is 0.509 e. The van der Waals surface area contributed by atoms with Gasteiger partial charge in [0.05, 0.1) is 35.4 Å². The molecule has 2 aliphatic heterocycles. The molecule has 31 heavy (non-hydrogen) atoms. The van der Waals surface area contributed by atoms with Crippen molar-refractivity contribution in [3.63, 3.8) is 0 Å². The van der Waals surface area contributed by atoms with Crippen LogP contribution in [-0.4, -0.2) is 47.2 Å². The van der Waals surface area contributed by atoms with Gasteiger partial charge < -0.3 is 24.6 Å². The van der Waals surface area contributed by atoms with E-state index in [0.29, 0.717) is 23.8 Å². The lowest BCUT2D eigenvalue weighted by molar-refractivity contribution is 0.341. The number of benzene rings is 2. The predicted octanol–water partition coefficient (Wildman–Crippen LogP) is 4.72. The van der Waals surface area contributed by atoms with Crippen molar-refractivity contribution >= 4 is 33.8 Å². The summed E-state index contributed by atoms with van der Waals surface area (Å²) in [7, 11) is 0. The molecule has 1 aromatic heterocycles. The fourth-order valence-electron chi connectivity index (χ4n) is 4.46. The SMILES string of the molecule is CCOc1ccccc1N1CC(O)=C(c2nc3ccc(N4CCCCC4)cc3[nH]2)C1=N. The van der Waals surface area contributed by atoms with E-state index in [9.17, 15) is 5.11 Å². The molecule has 0 bridgehead atoms. The minimum Gasteiger partial charge on any atom is -0.509 e. The van der Waals surface area contributed by atoms with Crippen LogP contribution in [0.3, 0.4) is 0 Å². The standard InChI is InChI=1S/C24H27N5O2/c1-2-31-21-9-5-4-8-19(21)29-15-20(30)22(23(29)25)24-26-17-11-10-16(14-18(17)27-24)28-12-6-3-7-13-28/h4-5,8-11,14,25,30H,2-3,6-7,12-13,15H2,1H3,(H,26,27). The van der Waals surface area contributed by atoms with Crippen molar-refractivity contribution in [2.24, 2.45) is 0 Å². The molecule has 7 nitrogen and oxygen atoms in total. The number of rotatable bonds is 5. The summed E-state index contributed by atoms with van der Waals surface area (Å²) in [5, 5.41) is 19.5. The first-order valence-electron chi connectivity index (χ1n) is 10.9. The van der Waals surface area contributed by atoms with Gasteiger partial charge in [0.15, 0.2) is 0 Å². The maximum atomic E-state index is 10.7. The maximum absolute atomic E-state index is 10.7. The third-order valence-electron chi connectivity index (χ3n) is 5.98. The van der Waals surface area contributed by atoms with Crippen molar-refractivity contribution in [1.29, 1.82) is 5.41 Å². The number of hydrogen-bond donors (Lipinski definition) is 3. The molecule has 0 aliphatic carbocycles. The van der Waals surface area contributed by atoms with Crippen LogP contribution in [0.1, 0.15) is 32.0 Å². The summed E-state index contributed by atoms with van der Waals surface area (Å²) >= 11 is 0. The normalized spacial score (nSPS) is 17.1. The molecule has 0 atom stereocenters. The molecule has 2 aliphatic rings. The molecule has 3 heterocycles. The van der Waals surface area contributed by atoms with Gasteiger partial charge in [-0.15, -0.1) is 0 Å². The van der Waals surface area contributed by atoms with Gasteiger partial charge >= 0.3 is 0 Å². The van der Waals surface area contributed by atoms with Crippen LogP contribution in [0.2, 0.25) is 0 Å². The second kappa shape index (κ2) is 7.98. The Morgan fingerprint density at radius 2 is 1.94 bits per heavy atom. The molecule has 0 amide bonds. The first-order valence-corrected chi connectivity index (χ1v) is 10.9. The number of piperidine rings is 1. The number of aliphatic hydroxyl groups excluding tert-OH is 1. The first-order chi connectivity index (χ1) is 15.2. The fraction of sp³-hybridized carbons (Fsp3) is 0.333. The van der Waals surface area contributed by atoms with Crippen LogP contribution in [0.4, 0.5) is 11.4 Å². The summed E-state index contributed by atoms with van der Waals surface area (Å²) in [4.78, 5) is 12.2. The quantitative estimate of drug-likeness (QED) is 0.559. The number of H-pyrrole nitrogens is 1. The Kier molecular flexibility index (Phi) is 5.02. The molecule has 7 heteroatoms. The Labute approximate surface area is 181 Å². The van der Waals surface area contributed by atoms with Gasteiger partial charge in [0.2, 0.25) is 0 Å². The second-order valence-corrected chi connectivity index (χ2v) is 7.99. The predicted molar refractivity (Wildman–Crippen MR) is 124 cm³/mol. The van der Waals surface area contributed by atoms with Crippen molar-refractivity contribution in [3.05, 3.63) is 54.0 Å². The van der Waals surface area contributed by atoms with E-state index in [1.54, 1.807) is 4.90 Å². The number of hydrogen-bond acceptors (Lipinski definition) is 5. The van der Waals surface area contributed by atoms with Gasteiger partial charge in [-0.05, 0) is 56.5 Å². The summed E-state index contributed by atoms with van der Waals surface area (Å²) in [6.07, 6.45) is 3.75. The number of ether oxygens (including phenoxy) is 1. The Morgan fingerprint density at radius 3 is 2.74 bits per heavy atom. The highest BCUT2D eigenvalue weighted by Gasteiger charge is 2.32. The van der Waals surface area contributed by atoms with E-state index in [4.69, 9.17) is 10.1 Å². The van der Waals surface area contributed by atoms with Crippen molar-refractivity contribution < 1.29 is 9.84 Å². The molecule has 3 N–H and O–H groups in total. The Bertz CT molecular complexity index is 1160. The molecule has 5 rings (SSSR count). The highest BCUT2D eigenvalue weighted by atomic mass is 16.5.